The number of benzene rings is 2. The molecule has 2 heterocycles. The van der Waals surface area contributed by atoms with E-state index in [1.165, 1.54) is 5.56 Å². The molecule has 2 aromatic rings. The number of likely N-dealkylation sites (tertiary alicyclic amines) is 1. The van der Waals surface area contributed by atoms with Crippen LogP contribution >= 0.6 is 0 Å². The Hall–Kier alpha value is -2.62. The molecule has 28 heavy (non-hydrogen) atoms. The Bertz CT molecular complexity index is 868. The van der Waals surface area contributed by atoms with Crippen LogP contribution in [0.25, 0.3) is 0 Å². The highest BCUT2D eigenvalue weighted by molar-refractivity contribution is 5.96. The summed E-state index contributed by atoms with van der Waals surface area (Å²) < 4.78 is 0. The van der Waals surface area contributed by atoms with Crippen LogP contribution in [0, 0.1) is 12.8 Å². The number of amides is 2. The smallest absolute Gasteiger partial charge is 0.230 e. The van der Waals surface area contributed by atoms with Crippen LogP contribution in [0.2, 0.25) is 0 Å². The van der Waals surface area contributed by atoms with Crippen molar-refractivity contribution in [2.24, 2.45) is 5.92 Å². The SMILES string of the molecule is Cc1ccccc1CC(=O)N1CCC(C(=O)N2CCCc3ccccc32)CC1. The summed E-state index contributed by atoms with van der Waals surface area (Å²) in [5.41, 5.74) is 4.60. The fourth-order valence-electron chi connectivity index (χ4n) is 4.44. The second-order valence-corrected chi connectivity index (χ2v) is 7.98. The lowest BCUT2D eigenvalue weighted by atomic mass is 9.92. The predicted octanol–water partition coefficient (Wildman–Crippen LogP) is 3.76. The van der Waals surface area contributed by atoms with Gasteiger partial charge in [0, 0.05) is 31.2 Å². The molecule has 0 saturated carbocycles. The van der Waals surface area contributed by atoms with Crippen LogP contribution in [-0.2, 0) is 22.4 Å². The standard InChI is InChI=1S/C24H28N2O2/c1-18-7-2-3-9-21(18)17-23(27)25-15-12-20(13-16-25)24(28)26-14-6-10-19-8-4-5-11-22(19)26/h2-5,7-9,11,20H,6,10,12-17H2,1H3. The van der Waals surface area contributed by atoms with E-state index in [9.17, 15) is 9.59 Å². The molecule has 4 rings (SSSR count). The molecule has 0 aliphatic carbocycles. The third-order valence-electron chi connectivity index (χ3n) is 6.18. The fraction of sp³-hybridized carbons (Fsp3) is 0.417. The van der Waals surface area contributed by atoms with Gasteiger partial charge in [0.1, 0.15) is 0 Å². The Morgan fingerprint density at radius 2 is 1.68 bits per heavy atom. The number of hydrogen-bond donors (Lipinski definition) is 0. The minimum Gasteiger partial charge on any atom is -0.342 e. The van der Waals surface area contributed by atoms with Crippen LogP contribution in [0.4, 0.5) is 5.69 Å². The first-order valence-electron chi connectivity index (χ1n) is 10.3. The highest BCUT2D eigenvalue weighted by Gasteiger charge is 2.32. The average molecular weight is 377 g/mol. The van der Waals surface area contributed by atoms with Crippen molar-refractivity contribution in [3.8, 4) is 0 Å². The van der Waals surface area contributed by atoms with E-state index in [2.05, 4.69) is 12.1 Å². The highest BCUT2D eigenvalue weighted by Crippen LogP contribution is 2.30. The number of fused-ring (bicyclic) bond motifs is 1. The minimum atomic E-state index is 0.0219. The number of anilines is 1. The van der Waals surface area contributed by atoms with Crippen LogP contribution in [0.1, 0.15) is 36.0 Å². The number of piperidine rings is 1. The number of carbonyl (C=O) groups excluding carboxylic acids is 2. The van der Waals surface area contributed by atoms with Crippen LogP contribution in [0.5, 0.6) is 0 Å². The molecule has 0 bridgehead atoms. The monoisotopic (exact) mass is 376 g/mol. The zero-order valence-corrected chi connectivity index (χ0v) is 16.6. The number of nitrogens with zero attached hydrogens (tertiary/aromatic N) is 2. The number of hydrogen-bond acceptors (Lipinski definition) is 2. The first-order valence-corrected chi connectivity index (χ1v) is 10.3. The molecule has 0 spiro atoms. The summed E-state index contributed by atoms with van der Waals surface area (Å²) in [6.07, 6.45) is 4.04. The molecule has 2 aliphatic rings. The molecule has 0 N–H and O–H groups in total. The van der Waals surface area contributed by atoms with Gasteiger partial charge in [-0.25, -0.2) is 0 Å². The Balaban J connectivity index is 1.36. The molecule has 0 radical (unpaired) electrons. The molecule has 1 fully saturated rings. The van der Waals surface area contributed by atoms with Gasteiger partial charge in [-0.1, -0.05) is 42.5 Å². The molecule has 4 nitrogen and oxygen atoms in total. The predicted molar refractivity (Wildman–Crippen MR) is 111 cm³/mol. The number of carbonyl (C=O) groups is 2. The third kappa shape index (κ3) is 3.82. The van der Waals surface area contributed by atoms with Crippen molar-refractivity contribution >= 4 is 17.5 Å². The zero-order valence-electron chi connectivity index (χ0n) is 16.6. The quantitative estimate of drug-likeness (QED) is 0.818. The Morgan fingerprint density at radius 3 is 2.46 bits per heavy atom. The van der Waals surface area contributed by atoms with Crippen LogP contribution in [-0.4, -0.2) is 36.3 Å². The Labute approximate surface area is 167 Å². The normalized spacial score (nSPS) is 17.3. The van der Waals surface area contributed by atoms with Crippen molar-refractivity contribution in [1.82, 2.24) is 4.90 Å². The molecule has 0 aromatic heterocycles. The van der Waals surface area contributed by atoms with Crippen molar-refractivity contribution < 1.29 is 9.59 Å². The zero-order chi connectivity index (χ0) is 19.5. The van der Waals surface area contributed by atoms with Crippen molar-refractivity contribution in [2.75, 3.05) is 24.5 Å². The summed E-state index contributed by atoms with van der Waals surface area (Å²) in [7, 11) is 0. The van der Waals surface area contributed by atoms with Gasteiger partial charge in [0.25, 0.3) is 0 Å². The molecule has 146 valence electrons. The number of rotatable bonds is 3. The van der Waals surface area contributed by atoms with Crippen molar-refractivity contribution in [3.63, 3.8) is 0 Å². The van der Waals surface area contributed by atoms with Crippen LogP contribution in [0.3, 0.4) is 0 Å². The van der Waals surface area contributed by atoms with Crippen molar-refractivity contribution in [2.45, 2.75) is 39.0 Å². The van der Waals surface area contributed by atoms with E-state index >= 15 is 0 Å². The van der Waals surface area contributed by atoms with Gasteiger partial charge in [0.15, 0.2) is 0 Å². The van der Waals surface area contributed by atoms with E-state index in [1.807, 2.05) is 53.1 Å². The average Bonchev–Trinajstić information content (AvgIpc) is 2.74. The third-order valence-corrected chi connectivity index (χ3v) is 6.18. The summed E-state index contributed by atoms with van der Waals surface area (Å²) in [5.74, 6) is 0.426. The Kier molecular flexibility index (Phi) is 5.47. The lowest BCUT2D eigenvalue weighted by Crippen LogP contribution is -2.46. The van der Waals surface area contributed by atoms with Gasteiger partial charge in [0.05, 0.1) is 6.42 Å². The Morgan fingerprint density at radius 1 is 0.964 bits per heavy atom. The maximum Gasteiger partial charge on any atom is 0.230 e. The molecule has 2 aliphatic heterocycles. The molecule has 2 aromatic carbocycles. The molecular formula is C24H28N2O2. The number of aryl methyl sites for hydroxylation is 2. The minimum absolute atomic E-state index is 0.0219. The fourth-order valence-corrected chi connectivity index (χ4v) is 4.44. The first kappa shape index (κ1) is 18.7. The lowest BCUT2D eigenvalue weighted by Gasteiger charge is -2.36. The van der Waals surface area contributed by atoms with E-state index in [1.54, 1.807) is 0 Å². The van der Waals surface area contributed by atoms with Gasteiger partial charge in [-0.3, -0.25) is 9.59 Å². The van der Waals surface area contributed by atoms with E-state index in [-0.39, 0.29) is 17.7 Å². The second kappa shape index (κ2) is 8.17. The van der Waals surface area contributed by atoms with E-state index in [4.69, 9.17) is 0 Å². The maximum absolute atomic E-state index is 13.2. The van der Waals surface area contributed by atoms with E-state index in [0.717, 1.165) is 49.0 Å². The molecule has 4 heteroatoms. The second-order valence-electron chi connectivity index (χ2n) is 7.98. The molecule has 1 saturated heterocycles. The van der Waals surface area contributed by atoms with Gasteiger partial charge in [-0.05, 0) is 55.4 Å². The highest BCUT2D eigenvalue weighted by atomic mass is 16.2. The largest absolute Gasteiger partial charge is 0.342 e. The molecular weight excluding hydrogens is 348 g/mol. The molecule has 0 unspecified atom stereocenters. The molecule has 0 atom stereocenters. The summed E-state index contributed by atoms with van der Waals surface area (Å²) in [4.78, 5) is 29.8. The first-order chi connectivity index (χ1) is 13.6. The van der Waals surface area contributed by atoms with E-state index < -0.39 is 0 Å². The van der Waals surface area contributed by atoms with Gasteiger partial charge in [-0.15, -0.1) is 0 Å². The number of para-hydroxylation sites is 1. The summed E-state index contributed by atoms with van der Waals surface area (Å²) in [5, 5.41) is 0. The van der Waals surface area contributed by atoms with Gasteiger partial charge >= 0.3 is 0 Å². The van der Waals surface area contributed by atoms with Crippen LogP contribution < -0.4 is 4.90 Å². The van der Waals surface area contributed by atoms with E-state index in [0.29, 0.717) is 19.5 Å². The summed E-state index contributed by atoms with van der Waals surface area (Å²) >= 11 is 0. The molecule has 2 amide bonds. The van der Waals surface area contributed by atoms with Gasteiger partial charge in [0.2, 0.25) is 11.8 Å². The van der Waals surface area contributed by atoms with Gasteiger partial charge in [-0.2, -0.15) is 0 Å². The van der Waals surface area contributed by atoms with Crippen LogP contribution in [0.15, 0.2) is 48.5 Å². The van der Waals surface area contributed by atoms with Crippen molar-refractivity contribution in [3.05, 3.63) is 65.2 Å². The summed E-state index contributed by atoms with van der Waals surface area (Å²) in [6.45, 7) is 4.21. The van der Waals surface area contributed by atoms with Gasteiger partial charge < -0.3 is 9.80 Å². The van der Waals surface area contributed by atoms with Crippen molar-refractivity contribution in [1.29, 1.82) is 0 Å². The lowest BCUT2D eigenvalue weighted by molar-refractivity contribution is -0.134. The topological polar surface area (TPSA) is 40.6 Å². The maximum atomic E-state index is 13.2. The summed E-state index contributed by atoms with van der Waals surface area (Å²) in [6, 6.07) is 16.3.